The predicted octanol–water partition coefficient (Wildman–Crippen LogP) is 3.62. The van der Waals surface area contributed by atoms with Crippen molar-refractivity contribution < 1.29 is 0 Å². The maximum absolute atomic E-state index is 2.41. The van der Waals surface area contributed by atoms with Gasteiger partial charge in [-0.05, 0) is 11.3 Å². The van der Waals surface area contributed by atoms with Gasteiger partial charge < -0.3 is 0 Å². The molecular formula is C10H22B. The van der Waals surface area contributed by atoms with Crippen LogP contribution >= 0.6 is 0 Å². The molecule has 0 heterocycles. The van der Waals surface area contributed by atoms with E-state index in [0.29, 0.717) is 5.41 Å². The van der Waals surface area contributed by atoms with Crippen LogP contribution in [0, 0.1) is 11.3 Å². The fourth-order valence-corrected chi connectivity index (χ4v) is 0.830. The molecule has 0 aliphatic rings. The predicted molar refractivity (Wildman–Crippen MR) is 54.3 cm³/mol. The molecule has 0 fully saturated rings. The molecule has 1 heteroatoms. The van der Waals surface area contributed by atoms with Crippen molar-refractivity contribution >= 4 is 7.28 Å². The van der Waals surface area contributed by atoms with Crippen LogP contribution in [0.15, 0.2) is 0 Å². The fourth-order valence-electron chi connectivity index (χ4n) is 0.830. The van der Waals surface area contributed by atoms with Gasteiger partial charge in [0.1, 0.15) is 7.28 Å². The quantitative estimate of drug-likeness (QED) is 0.543. The van der Waals surface area contributed by atoms with E-state index in [1.165, 1.54) is 6.32 Å². The molecule has 0 saturated heterocycles. The van der Waals surface area contributed by atoms with Crippen LogP contribution in [0.3, 0.4) is 0 Å². The van der Waals surface area contributed by atoms with Crippen LogP contribution in [0.25, 0.3) is 0 Å². The second-order valence-corrected chi connectivity index (χ2v) is 4.98. The zero-order chi connectivity index (χ0) is 9.07. The smallest absolute Gasteiger partial charge is 0.0770 e. The lowest BCUT2D eigenvalue weighted by atomic mass is 9.57. The van der Waals surface area contributed by atoms with Crippen molar-refractivity contribution in [1.82, 2.24) is 0 Å². The molecule has 1 unspecified atom stereocenters. The van der Waals surface area contributed by atoms with Gasteiger partial charge in [0.2, 0.25) is 0 Å². The number of hydrogen-bond acceptors (Lipinski definition) is 0. The van der Waals surface area contributed by atoms with Gasteiger partial charge in [-0.25, -0.2) is 0 Å². The second kappa shape index (κ2) is 4.18. The molecule has 65 valence electrons. The zero-order valence-electron chi connectivity index (χ0n) is 8.94. The topological polar surface area (TPSA) is 0 Å². The summed E-state index contributed by atoms with van der Waals surface area (Å²) in [5.74, 6) is 1.53. The molecule has 1 radical (unpaired) electrons. The van der Waals surface area contributed by atoms with Crippen molar-refractivity contribution in [3.05, 3.63) is 0 Å². The van der Waals surface area contributed by atoms with E-state index in [1.54, 1.807) is 0 Å². The first-order valence-corrected chi connectivity index (χ1v) is 4.67. The summed E-state index contributed by atoms with van der Waals surface area (Å²) in [7, 11) is 2.41. The Hall–Kier alpha value is 0.0649. The second-order valence-electron chi connectivity index (χ2n) is 4.98. The SMILES string of the molecule is CC(C)[B]CC(C)C(C)(C)C. The van der Waals surface area contributed by atoms with Crippen molar-refractivity contribution in [2.75, 3.05) is 0 Å². The van der Waals surface area contributed by atoms with Gasteiger partial charge in [-0.1, -0.05) is 53.7 Å². The first-order chi connectivity index (χ1) is 4.84. The van der Waals surface area contributed by atoms with E-state index in [0.717, 1.165) is 11.7 Å². The monoisotopic (exact) mass is 153 g/mol. The Kier molecular flexibility index (Phi) is 4.21. The summed E-state index contributed by atoms with van der Waals surface area (Å²) >= 11 is 0. The standard InChI is InChI=1S/C10H22B/c1-8(2)11-7-9(3)10(4,5)6/h8-9H,7H2,1-6H3. The van der Waals surface area contributed by atoms with Gasteiger partial charge in [0.05, 0.1) is 0 Å². The molecule has 0 spiro atoms. The fraction of sp³-hybridized carbons (Fsp3) is 1.00. The minimum atomic E-state index is 0.464. The minimum Gasteiger partial charge on any atom is -0.0770 e. The van der Waals surface area contributed by atoms with Gasteiger partial charge in [0.25, 0.3) is 0 Å². The van der Waals surface area contributed by atoms with E-state index >= 15 is 0 Å². The third-order valence-corrected chi connectivity index (χ3v) is 2.44. The highest BCUT2D eigenvalue weighted by molar-refractivity contribution is 6.37. The average Bonchev–Trinajstić information content (AvgIpc) is 1.80. The summed E-state index contributed by atoms with van der Waals surface area (Å²) < 4.78 is 0. The lowest BCUT2D eigenvalue weighted by molar-refractivity contribution is 0.283. The highest BCUT2D eigenvalue weighted by Crippen LogP contribution is 2.28. The van der Waals surface area contributed by atoms with Gasteiger partial charge in [-0.15, -0.1) is 0 Å². The van der Waals surface area contributed by atoms with E-state index in [2.05, 4.69) is 48.8 Å². The highest BCUT2D eigenvalue weighted by atomic mass is 14.2. The van der Waals surface area contributed by atoms with Crippen molar-refractivity contribution in [2.45, 2.75) is 53.7 Å². The Labute approximate surface area is 73.0 Å². The van der Waals surface area contributed by atoms with Crippen molar-refractivity contribution in [2.24, 2.45) is 11.3 Å². The molecule has 1 atom stereocenters. The van der Waals surface area contributed by atoms with Crippen LogP contribution < -0.4 is 0 Å². The Morgan fingerprint density at radius 1 is 1.09 bits per heavy atom. The van der Waals surface area contributed by atoms with Crippen molar-refractivity contribution in [3.8, 4) is 0 Å². The Morgan fingerprint density at radius 2 is 1.55 bits per heavy atom. The zero-order valence-corrected chi connectivity index (χ0v) is 8.94. The molecule has 0 N–H and O–H groups in total. The molecule has 0 rings (SSSR count). The van der Waals surface area contributed by atoms with E-state index in [1.807, 2.05) is 0 Å². The molecule has 0 aliphatic heterocycles. The summed E-state index contributed by atoms with van der Waals surface area (Å²) in [5, 5.41) is 0. The molecule has 0 aromatic carbocycles. The Balaban J connectivity index is 3.61. The average molecular weight is 153 g/mol. The lowest BCUT2D eigenvalue weighted by Gasteiger charge is -2.27. The molecule has 0 amide bonds. The van der Waals surface area contributed by atoms with Crippen molar-refractivity contribution in [3.63, 3.8) is 0 Å². The molecule has 11 heavy (non-hydrogen) atoms. The first kappa shape index (κ1) is 11.1. The molecule has 0 aliphatic carbocycles. The van der Waals surface area contributed by atoms with Crippen LogP contribution in [0.4, 0.5) is 0 Å². The number of hydrogen-bond donors (Lipinski definition) is 0. The first-order valence-electron chi connectivity index (χ1n) is 4.67. The normalized spacial score (nSPS) is 15.2. The van der Waals surface area contributed by atoms with Crippen molar-refractivity contribution in [1.29, 1.82) is 0 Å². The van der Waals surface area contributed by atoms with E-state index in [4.69, 9.17) is 0 Å². The molecule has 0 bridgehead atoms. The largest absolute Gasteiger partial charge is 0.113 e. The molecule has 0 nitrogen and oxygen atoms in total. The third kappa shape index (κ3) is 5.35. The number of rotatable bonds is 3. The van der Waals surface area contributed by atoms with Gasteiger partial charge in [-0.2, -0.15) is 0 Å². The summed E-state index contributed by atoms with van der Waals surface area (Å²) in [5.41, 5.74) is 0.464. The van der Waals surface area contributed by atoms with Gasteiger partial charge >= 0.3 is 0 Å². The van der Waals surface area contributed by atoms with Crippen LogP contribution in [-0.4, -0.2) is 7.28 Å². The Bertz CT molecular complexity index is 99.9. The van der Waals surface area contributed by atoms with Gasteiger partial charge in [-0.3, -0.25) is 0 Å². The van der Waals surface area contributed by atoms with Crippen LogP contribution in [0.5, 0.6) is 0 Å². The molecule has 0 aromatic rings. The molecular weight excluding hydrogens is 131 g/mol. The maximum Gasteiger partial charge on any atom is 0.113 e. The highest BCUT2D eigenvalue weighted by Gasteiger charge is 2.19. The van der Waals surface area contributed by atoms with Crippen LogP contribution in [-0.2, 0) is 0 Å². The summed E-state index contributed by atoms with van der Waals surface area (Å²) in [6.45, 7) is 13.8. The van der Waals surface area contributed by atoms with Gasteiger partial charge in [0, 0.05) is 0 Å². The van der Waals surface area contributed by atoms with Crippen LogP contribution in [0.1, 0.15) is 41.5 Å². The lowest BCUT2D eigenvalue weighted by Crippen LogP contribution is -2.19. The minimum absolute atomic E-state index is 0.464. The molecule has 0 saturated carbocycles. The molecule has 0 aromatic heterocycles. The maximum atomic E-state index is 2.41. The Morgan fingerprint density at radius 3 is 1.82 bits per heavy atom. The van der Waals surface area contributed by atoms with E-state index < -0.39 is 0 Å². The summed E-state index contributed by atoms with van der Waals surface area (Å²) in [4.78, 5) is 0. The van der Waals surface area contributed by atoms with Gasteiger partial charge in [0.15, 0.2) is 0 Å². The van der Waals surface area contributed by atoms with E-state index in [-0.39, 0.29) is 0 Å². The third-order valence-electron chi connectivity index (χ3n) is 2.44. The summed E-state index contributed by atoms with van der Waals surface area (Å²) in [6, 6.07) is 0. The summed E-state index contributed by atoms with van der Waals surface area (Å²) in [6.07, 6.45) is 1.25. The van der Waals surface area contributed by atoms with Crippen LogP contribution in [0.2, 0.25) is 12.1 Å². The van der Waals surface area contributed by atoms with E-state index in [9.17, 15) is 0 Å².